The first-order chi connectivity index (χ1) is 9.74. The summed E-state index contributed by atoms with van der Waals surface area (Å²) in [5.74, 6) is -1.56. The normalized spacial score (nSPS) is 22.1. The first kappa shape index (κ1) is 15.7. The number of carboxylic acids is 1. The molecule has 0 radical (unpaired) electrons. The highest BCUT2D eigenvalue weighted by atomic mass is 79.9. The van der Waals surface area contributed by atoms with Gasteiger partial charge < -0.3 is 10.0 Å². The number of hydrogen-bond donors (Lipinski definition) is 1. The minimum absolute atomic E-state index is 0.0101. The minimum atomic E-state index is -0.990. The van der Waals surface area contributed by atoms with Crippen LogP contribution in [-0.4, -0.2) is 29.1 Å². The van der Waals surface area contributed by atoms with Gasteiger partial charge in [0.1, 0.15) is 11.5 Å². The third kappa shape index (κ3) is 2.99. The molecule has 1 fully saturated rings. The van der Waals surface area contributed by atoms with E-state index in [0.717, 1.165) is 12.1 Å². The van der Waals surface area contributed by atoms with E-state index in [4.69, 9.17) is 0 Å². The number of nitro groups is 1. The van der Waals surface area contributed by atoms with Gasteiger partial charge in [-0.3, -0.25) is 14.9 Å². The summed E-state index contributed by atoms with van der Waals surface area (Å²) < 4.78 is 13.7. The Bertz CT molecular complexity index is 610. The van der Waals surface area contributed by atoms with Gasteiger partial charge >= 0.3 is 5.97 Å². The van der Waals surface area contributed by atoms with Gasteiger partial charge in [-0.2, -0.15) is 0 Å². The number of hydrogen-bond acceptors (Lipinski definition) is 4. The van der Waals surface area contributed by atoms with Crippen molar-refractivity contribution in [1.29, 1.82) is 0 Å². The van der Waals surface area contributed by atoms with Crippen LogP contribution in [0.3, 0.4) is 0 Å². The molecule has 1 heterocycles. The SMILES string of the molecule is CC1(C(=O)O)CCCN(c2cc(F)c(Br)cc2[N+](=O)[O-])C1. The van der Waals surface area contributed by atoms with Crippen molar-refractivity contribution in [3.05, 3.63) is 32.5 Å². The molecule has 1 unspecified atom stereocenters. The Balaban J connectivity index is 2.44. The fraction of sp³-hybridized carbons (Fsp3) is 0.462. The number of carboxylic acid groups (broad SMARTS) is 1. The van der Waals surface area contributed by atoms with Gasteiger partial charge in [0, 0.05) is 25.2 Å². The number of halogens is 2. The number of benzene rings is 1. The Morgan fingerprint density at radius 1 is 1.57 bits per heavy atom. The maximum absolute atomic E-state index is 13.7. The van der Waals surface area contributed by atoms with Crippen LogP contribution in [0.1, 0.15) is 19.8 Å². The number of nitrogens with zero attached hydrogens (tertiary/aromatic N) is 2. The zero-order valence-electron chi connectivity index (χ0n) is 11.3. The fourth-order valence-corrected chi connectivity index (χ4v) is 2.88. The molecule has 0 spiro atoms. The van der Waals surface area contributed by atoms with Crippen LogP contribution in [0.5, 0.6) is 0 Å². The molecule has 1 aromatic carbocycles. The van der Waals surface area contributed by atoms with Crippen molar-refractivity contribution < 1.29 is 19.2 Å². The molecule has 1 N–H and O–H groups in total. The molecule has 1 aliphatic heterocycles. The molecule has 0 saturated carbocycles. The van der Waals surface area contributed by atoms with Gasteiger partial charge in [0.15, 0.2) is 0 Å². The molecule has 0 aromatic heterocycles. The topological polar surface area (TPSA) is 83.7 Å². The van der Waals surface area contributed by atoms with Gasteiger partial charge in [-0.15, -0.1) is 0 Å². The van der Waals surface area contributed by atoms with E-state index >= 15 is 0 Å². The quantitative estimate of drug-likeness (QED) is 0.660. The number of rotatable bonds is 3. The molecule has 114 valence electrons. The third-order valence-electron chi connectivity index (χ3n) is 3.77. The molecule has 1 aromatic rings. The second-order valence-electron chi connectivity index (χ2n) is 5.40. The summed E-state index contributed by atoms with van der Waals surface area (Å²) in [7, 11) is 0. The summed E-state index contributed by atoms with van der Waals surface area (Å²) in [6.07, 6.45) is 1.07. The first-order valence-corrected chi connectivity index (χ1v) is 7.16. The summed E-state index contributed by atoms with van der Waals surface area (Å²) in [4.78, 5) is 23.5. The van der Waals surface area contributed by atoms with E-state index in [-0.39, 0.29) is 22.4 Å². The molecular weight excluding hydrogens is 347 g/mol. The Labute approximate surface area is 128 Å². The van der Waals surface area contributed by atoms with Gasteiger partial charge in [-0.1, -0.05) is 0 Å². The molecule has 8 heteroatoms. The van der Waals surface area contributed by atoms with Gasteiger partial charge in [0.25, 0.3) is 5.69 Å². The molecule has 0 amide bonds. The van der Waals surface area contributed by atoms with E-state index in [0.29, 0.717) is 19.4 Å². The number of anilines is 1. The van der Waals surface area contributed by atoms with Crippen molar-refractivity contribution in [2.75, 3.05) is 18.0 Å². The number of piperidine rings is 1. The molecule has 1 aliphatic rings. The number of nitro benzene ring substituents is 1. The standard InChI is InChI=1S/C13H14BrFN2O4/c1-13(12(18)19)3-2-4-16(7-13)10-6-9(15)8(14)5-11(10)17(20)21/h5-6H,2-4,7H2,1H3,(H,18,19). The van der Waals surface area contributed by atoms with E-state index in [1.165, 1.54) is 0 Å². The largest absolute Gasteiger partial charge is 0.481 e. The van der Waals surface area contributed by atoms with Crippen molar-refractivity contribution in [1.82, 2.24) is 0 Å². The summed E-state index contributed by atoms with van der Waals surface area (Å²) in [5, 5.41) is 20.4. The summed E-state index contributed by atoms with van der Waals surface area (Å²) in [6.45, 7) is 2.18. The maximum Gasteiger partial charge on any atom is 0.311 e. The second kappa shape index (κ2) is 5.59. The average molecular weight is 361 g/mol. The molecule has 1 saturated heterocycles. The summed E-state index contributed by atoms with van der Waals surface area (Å²) >= 11 is 2.93. The average Bonchev–Trinajstić information content (AvgIpc) is 2.41. The molecule has 6 nitrogen and oxygen atoms in total. The highest BCUT2D eigenvalue weighted by Gasteiger charge is 2.39. The van der Waals surface area contributed by atoms with E-state index in [2.05, 4.69) is 15.9 Å². The smallest absolute Gasteiger partial charge is 0.311 e. The maximum atomic E-state index is 13.7. The van der Waals surface area contributed by atoms with E-state index in [1.54, 1.807) is 11.8 Å². The highest BCUT2D eigenvalue weighted by molar-refractivity contribution is 9.10. The Kier molecular flexibility index (Phi) is 4.18. The van der Waals surface area contributed by atoms with Crippen LogP contribution in [0, 0.1) is 21.3 Å². The second-order valence-corrected chi connectivity index (χ2v) is 6.26. The molecule has 0 bridgehead atoms. The van der Waals surface area contributed by atoms with Crippen LogP contribution in [0.2, 0.25) is 0 Å². The van der Waals surface area contributed by atoms with Gasteiger partial charge in [0.05, 0.1) is 14.8 Å². The van der Waals surface area contributed by atoms with Crippen LogP contribution in [0.25, 0.3) is 0 Å². The van der Waals surface area contributed by atoms with Gasteiger partial charge in [0.2, 0.25) is 0 Å². The zero-order chi connectivity index (χ0) is 15.8. The van der Waals surface area contributed by atoms with Crippen LogP contribution in [0.4, 0.5) is 15.8 Å². The molecular formula is C13H14BrFN2O4. The van der Waals surface area contributed by atoms with Crippen molar-refractivity contribution >= 4 is 33.3 Å². The van der Waals surface area contributed by atoms with E-state index in [9.17, 15) is 24.4 Å². The first-order valence-electron chi connectivity index (χ1n) is 6.36. The van der Waals surface area contributed by atoms with Gasteiger partial charge in [-0.05, 0) is 35.7 Å². The lowest BCUT2D eigenvalue weighted by atomic mass is 9.82. The van der Waals surface area contributed by atoms with Gasteiger partial charge in [-0.25, -0.2) is 4.39 Å². The van der Waals surface area contributed by atoms with Crippen molar-refractivity contribution in [2.24, 2.45) is 5.41 Å². The summed E-state index contributed by atoms with van der Waals surface area (Å²) in [6, 6.07) is 2.19. The van der Waals surface area contributed by atoms with Crippen LogP contribution in [0.15, 0.2) is 16.6 Å². The van der Waals surface area contributed by atoms with Crippen molar-refractivity contribution in [2.45, 2.75) is 19.8 Å². The van der Waals surface area contributed by atoms with Crippen molar-refractivity contribution in [3.63, 3.8) is 0 Å². The Hall–Kier alpha value is -1.70. The molecule has 2 rings (SSSR count). The monoisotopic (exact) mass is 360 g/mol. The van der Waals surface area contributed by atoms with Crippen LogP contribution < -0.4 is 4.90 Å². The van der Waals surface area contributed by atoms with E-state index in [1.807, 2.05) is 0 Å². The van der Waals surface area contributed by atoms with E-state index < -0.39 is 22.1 Å². The predicted molar refractivity (Wildman–Crippen MR) is 77.9 cm³/mol. The lowest BCUT2D eigenvalue weighted by Gasteiger charge is -2.38. The van der Waals surface area contributed by atoms with Crippen LogP contribution in [-0.2, 0) is 4.79 Å². The molecule has 1 atom stereocenters. The van der Waals surface area contributed by atoms with Crippen LogP contribution >= 0.6 is 15.9 Å². The predicted octanol–water partition coefficient (Wildman–Crippen LogP) is 3.19. The molecule has 0 aliphatic carbocycles. The third-order valence-corrected chi connectivity index (χ3v) is 4.38. The lowest BCUT2D eigenvalue weighted by molar-refractivity contribution is -0.384. The highest BCUT2D eigenvalue weighted by Crippen LogP contribution is 2.38. The summed E-state index contributed by atoms with van der Waals surface area (Å²) in [5.41, 5.74) is -1.11. The Morgan fingerprint density at radius 3 is 2.81 bits per heavy atom. The number of carbonyl (C=O) groups is 1. The zero-order valence-corrected chi connectivity index (χ0v) is 12.9. The molecule has 21 heavy (non-hydrogen) atoms. The number of aliphatic carboxylic acids is 1. The lowest BCUT2D eigenvalue weighted by Crippen LogP contribution is -2.46. The van der Waals surface area contributed by atoms with Crippen molar-refractivity contribution in [3.8, 4) is 0 Å². The fourth-order valence-electron chi connectivity index (χ4n) is 2.54. The Morgan fingerprint density at radius 2 is 2.24 bits per heavy atom. The minimum Gasteiger partial charge on any atom is -0.481 e.